The topological polar surface area (TPSA) is 66.6 Å². The third kappa shape index (κ3) is 38.0. The summed E-state index contributed by atoms with van der Waals surface area (Å²) in [7, 11) is 3.66. The number of hydrogen-bond donors (Lipinski definition) is 2. The van der Waals surface area contributed by atoms with Gasteiger partial charge >= 0.3 is 35.7 Å². The van der Waals surface area contributed by atoms with E-state index in [0.29, 0.717) is 4.32 Å². The van der Waals surface area contributed by atoms with E-state index in [1.54, 1.807) is 4.90 Å². The quantitative estimate of drug-likeness (QED) is 0.250. The summed E-state index contributed by atoms with van der Waals surface area (Å²) in [5.74, 6) is 0. The van der Waals surface area contributed by atoms with Gasteiger partial charge in [0.2, 0.25) is 0 Å². The van der Waals surface area contributed by atoms with Gasteiger partial charge in [0, 0.05) is 14.1 Å². The van der Waals surface area contributed by atoms with E-state index in [0.717, 1.165) is 0 Å². The SMILES string of the molecule is CN(C)C(=S)[S-].NC(=O)O.[Na+]. The molecular formula is C4H9N2NaO2S2. The van der Waals surface area contributed by atoms with Crippen molar-refractivity contribution >= 4 is 35.3 Å². The van der Waals surface area contributed by atoms with Crippen LogP contribution in [0.1, 0.15) is 0 Å². The van der Waals surface area contributed by atoms with Gasteiger partial charge in [0.15, 0.2) is 0 Å². The van der Waals surface area contributed by atoms with Crippen LogP contribution in [0.15, 0.2) is 0 Å². The smallest absolute Gasteiger partial charge is 0.465 e. The first-order valence-electron chi connectivity index (χ1n) is 2.24. The second kappa shape index (κ2) is 10.4. The predicted octanol–water partition coefficient (Wildman–Crippen LogP) is -2.99. The summed E-state index contributed by atoms with van der Waals surface area (Å²) in [5, 5.41) is 7.19. The zero-order valence-corrected chi connectivity index (χ0v) is 10.3. The fourth-order valence-corrected chi connectivity index (χ4v) is 0. The van der Waals surface area contributed by atoms with Crippen molar-refractivity contribution < 1.29 is 39.5 Å². The minimum atomic E-state index is -1.33. The number of nitrogens with two attached hydrogens (primary N) is 1. The molecule has 0 spiro atoms. The summed E-state index contributed by atoms with van der Waals surface area (Å²) in [6, 6.07) is 0. The molecule has 0 aliphatic rings. The van der Waals surface area contributed by atoms with Gasteiger partial charge in [-0.15, -0.1) is 0 Å². The van der Waals surface area contributed by atoms with Gasteiger partial charge in [-0.05, 0) is 0 Å². The number of nitrogens with zero attached hydrogens (tertiary/aromatic N) is 1. The minimum absolute atomic E-state index is 0. The monoisotopic (exact) mass is 204 g/mol. The van der Waals surface area contributed by atoms with Crippen molar-refractivity contribution in [1.29, 1.82) is 0 Å². The molecule has 0 rings (SSSR count). The Labute approximate surface area is 98.8 Å². The van der Waals surface area contributed by atoms with Crippen LogP contribution in [0, 0.1) is 0 Å². The third-order valence-electron chi connectivity index (χ3n) is 0.365. The molecule has 0 heterocycles. The van der Waals surface area contributed by atoms with Crippen molar-refractivity contribution in [1.82, 2.24) is 4.90 Å². The Morgan fingerprint density at radius 1 is 1.64 bits per heavy atom. The average molecular weight is 204 g/mol. The van der Waals surface area contributed by atoms with Crippen LogP contribution < -0.4 is 35.3 Å². The molecule has 0 aliphatic heterocycles. The maximum atomic E-state index is 8.78. The summed E-state index contributed by atoms with van der Waals surface area (Å²) >= 11 is 9.12. The molecule has 0 unspecified atom stereocenters. The number of hydrogen-bond acceptors (Lipinski definition) is 3. The van der Waals surface area contributed by atoms with Gasteiger partial charge < -0.3 is 40.6 Å². The number of rotatable bonds is 0. The van der Waals surface area contributed by atoms with E-state index in [-0.39, 0.29) is 29.6 Å². The van der Waals surface area contributed by atoms with Crippen LogP contribution in [-0.2, 0) is 12.6 Å². The molecule has 0 aromatic rings. The van der Waals surface area contributed by atoms with Crippen LogP contribution >= 0.6 is 12.2 Å². The summed E-state index contributed by atoms with van der Waals surface area (Å²) in [5.41, 5.74) is 4.03. The van der Waals surface area contributed by atoms with Crippen molar-refractivity contribution in [3.05, 3.63) is 0 Å². The molecule has 0 saturated carbocycles. The van der Waals surface area contributed by atoms with Crippen LogP contribution in [0.3, 0.4) is 0 Å². The molecule has 7 heteroatoms. The van der Waals surface area contributed by atoms with E-state index in [9.17, 15) is 0 Å². The average Bonchev–Trinajstić information content (AvgIpc) is 1.63. The van der Waals surface area contributed by atoms with Gasteiger partial charge in [0.1, 0.15) is 0 Å². The van der Waals surface area contributed by atoms with Crippen molar-refractivity contribution in [3.8, 4) is 0 Å². The Hall–Kier alpha value is 0.380. The van der Waals surface area contributed by atoms with Gasteiger partial charge in [0.25, 0.3) is 0 Å². The first-order chi connectivity index (χ1) is 4.37. The zero-order chi connectivity index (χ0) is 8.73. The van der Waals surface area contributed by atoms with E-state index in [1.807, 2.05) is 14.1 Å². The largest absolute Gasteiger partial charge is 1.00 e. The maximum Gasteiger partial charge on any atom is 1.00 e. The molecule has 60 valence electrons. The Morgan fingerprint density at radius 2 is 1.73 bits per heavy atom. The molecular weight excluding hydrogens is 195 g/mol. The molecule has 0 saturated heterocycles. The fourth-order valence-electron chi connectivity index (χ4n) is 0. The summed E-state index contributed by atoms with van der Waals surface area (Å²) in [6.45, 7) is 0. The van der Waals surface area contributed by atoms with E-state index >= 15 is 0 Å². The Morgan fingerprint density at radius 3 is 1.73 bits per heavy atom. The number of carbonyl (C=O) groups is 1. The van der Waals surface area contributed by atoms with Gasteiger partial charge in [-0.3, -0.25) is 0 Å². The van der Waals surface area contributed by atoms with Crippen molar-refractivity contribution in [2.45, 2.75) is 0 Å². The first-order valence-corrected chi connectivity index (χ1v) is 3.06. The van der Waals surface area contributed by atoms with Crippen molar-refractivity contribution in [2.75, 3.05) is 14.1 Å². The Balaban J connectivity index is -0.000000114. The molecule has 4 nitrogen and oxygen atoms in total. The second-order valence-electron chi connectivity index (χ2n) is 1.50. The van der Waals surface area contributed by atoms with Crippen LogP contribution in [0.4, 0.5) is 4.79 Å². The standard InChI is InChI=1S/C3H7NS2.CH3NO2.Na/c1-4(2)3(5)6;2-1(3)4;/h1-2H3,(H,5,6);2H2,(H,3,4);/q;;+1/p-1. The summed E-state index contributed by atoms with van der Waals surface area (Å²) in [4.78, 5) is 10.5. The summed E-state index contributed by atoms with van der Waals surface area (Å²) in [6.07, 6.45) is -1.33. The van der Waals surface area contributed by atoms with Gasteiger partial charge in [0.05, 0.1) is 0 Å². The van der Waals surface area contributed by atoms with Gasteiger partial charge in [-0.1, -0.05) is 4.32 Å². The first kappa shape index (κ1) is 17.5. The van der Waals surface area contributed by atoms with Crippen molar-refractivity contribution in [2.24, 2.45) is 5.73 Å². The van der Waals surface area contributed by atoms with E-state index < -0.39 is 6.09 Å². The molecule has 11 heavy (non-hydrogen) atoms. The molecule has 0 radical (unpaired) electrons. The van der Waals surface area contributed by atoms with Crippen LogP contribution in [-0.4, -0.2) is 34.5 Å². The molecule has 0 aromatic heterocycles. The number of primary amides is 1. The van der Waals surface area contributed by atoms with Gasteiger partial charge in [-0.25, -0.2) is 4.79 Å². The molecule has 1 amide bonds. The van der Waals surface area contributed by atoms with Crippen molar-refractivity contribution in [3.63, 3.8) is 0 Å². The maximum absolute atomic E-state index is 8.78. The third-order valence-corrected chi connectivity index (χ3v) is 1.10. The number of amides is 1. The molecule has 0 bridgehead atoms. The van der Waals surface area contributed by atoms with Crippen LogP contribution in [0.2, 0.25) is 0 Å². The number of carboxylic acid groups (broad SMARTS) is 1. The van der Waals surface area contributed by atoms with E-state index in [1.165, 1.54) is 0 Å². The molecule has 0 fully saturated rings. The van der Waals surface area contributed by atoms with Crippen LogP contribution in [0.5, 0.6) is 0 Å². The van der Waals surface area contributed by atoms with E-state index in [4.69, 9.17) is 9.90 Å². The molecule has 0 aromatic carbocycles. The van der Waals surface area contributed by atoms with E-state index in [2.05, 4.69) is 30.6 Å². The number of thiocarbonyl (C=S) groups is 1. The zero-order valence-electron chi connectivity index (χ0n) is 6.70. The van der Waals surface area contributed by atoms with Crippen LogP contribution in [0.25, 0.3) is 0 Å². The Bertz CT molecular complexity index is 127. The second-order valence-corrected chi connectivity index (χ2v) is 2.53. The molecule has 0 aliphatic carbocycles. The normalized spacial score (nSPS) is 6.36. The molecule has 0 atom stereocenters. The summed E-state index contributed by atoms with van der Waals surface area (Å²) < 4.78 is 0.509. The minimum Gasteiger partial charge on any atom is -0.465 e. The predicted molar refractivity (Wildman–Crippen MR) is 45.9 cm³/mol. The Kier molecular flexibility index (Phi) is 16.5. The molecule has 3 N–H and O–H groups in total. The van der Waals surface area contributed by atoms with Gasteiger partial charge in [-0.2, -0.15) is 0 Å². The fraction of sp³-hybridized carbons (Fsp3) is 0.500.